The van der Waals surface area contributed by atoms with Crippen LogP contribution in [0.2, 0.25) is 0 Å². The molecule has 4 aromatic rings. The van der Waals surface area contributed by atoms with Crippen LogP contribution in [0.15, 0.2) is 81.5 Å². The predicted molar refractivity (Wildman–Crippen MR) is 129 cm³/mol. The fourth-order valence-electron chi connectivity index (χ4n) is 3.54. The number of ether oxygens (including phenoxy) is 1. The Hall–Kier alpha value is -4.22. The van der Waals surface area contributed by atoms with Crippen molar-refractivity contribution in [3.8, 4) is 17.7 Å². The highest BCUT2D eigenvalue weighted by Gasteiger charge is 2.23. The highest BCUT2D eigenvalue weighted by Crippen LogP contribution is 2.29. The van der Waals surface area contributed by atoms with E-state index in [4.69, 9.17) is 4.74 Å². The van der Waals surface area contributed by atoms with Gasteiger partial charge < -0.3 is 4.74 Å². The lowest BCUT2D eigenvalue weighted by Crippen LogP contribution is -2.20. The third-order valence-electron chi connectivity index (χ3n) is 5.32. The number of pyridine rings is 1. The van der Waals surface area contributed by atoms with Crippen LogP contribution in [0.4, 0.5) is 0 Å². The third kappa shape index (κ3) is 4.21. The van der Waals surface area contributed by atoms with Gasteiger partial charge in [-0.05, 0) is 62.2 Å². The zero-order valence-electron chi connectivity index (χ0n) is 18.8. The molecule has 0 aliphatic carbocycles. The number of hydrogen-bond donors (Lipinski definition) is 0. The first-order chi connectivity index (χ1) is 16.2. The van der Waals surface area contributed by atoms with Gasteiger partial charge in [0.05, 0.1) is 4.90 Å². The Morgan fingerprint density at radius 3 is 2.44 bits per heavy atom. The van der Waals surface area contributed by atoms with Crippen LogP contribution >= 0.6 is 0 Å². The molecule has 0 fully saturated rings. The summed E-state index contributed by atoms with van der Waals surface area (Å²) in [7, 11) is -4.16. The van der Waals surface area contributed by atoms with Crippen LogP contribution in [0.25, 0.3) is 11.7 Å². The lowest BCUT2D eigenvalue weighted by atomic mass is 10.1. The van der Waals surface area contributed by atoms with Gasteiger partial charge in [0.25, 0.3) is 5.56 Å². The van der Waals surface area contributed by atoms with E-state index in [0.717, 1.165) is 22.8 Å². The molecule has 0 N–H and O–H groups in total. The van der Waals surface area contributed by atoms with Gasteiger partial charge in [-0.25, -0.2) is 8.42 Å². The minimum atomic E-state index is -4.16. The number of hydrogen-bond acceptors (Lipinski definition) is 6. The Bertz CT molecular complexity index is 1650. The van der Waals surface area contributed by atoms with Crippen molar-refractivity contribution >= 4 is 21.6 Å². The van der Waals surface area contributed by atoms with E-state index >= 15 is 0 Å². The minimum Gasteiger partial charge on any atom is -0.438 e. The molecule has 2 aromatic heterocycles. The number of allylic oxidation sites excluding steroid dienone is 1. The van der Waals surface area contributed by atoms with Gasteiger partial charge in [-0.15, -0.1) is 0 Å². The van der Waals surface area contributed by atoms with E-state index in [1.165, 1.54) is 22.7 Å². The molecule has 0 radical (unpaired) electrons. The summed E-state index contributed by atoms with van der Waals surface area (Å²) in [5, 5.41) is 9.72. The lowest BCUT2D eigenvalue weighted by Gasteiger charge is -2.13. The highest BCUT2D eigenvalue weighted by atomic mass is 32.2. The van der Waals surface area contributed by atoms with E-state index in [1.807, 2.05) is 26.0 Å². The molecule has 7 nitrogen and oxygen atoms in total. The largest absolute Gasteiger partial charge is 0.438 e. The summed E-state index contributed by atoms with van der Waals surface area (Å²) in [6, 6.07) is 18.3. The molecule has 170 valence electrons. The third-order valence-corrected chi connectivity index (χ3v) is 7.00. The number of benzene rings is 2. The summed E-state index contributed by atoms with van der Waals surface area (Å²) >= 11 is 0. The second kappa shape index (κ2) is 8.96. The molecule has 0 spiro atoms. The van der Waals surface area contributed by atoms with Gasteiger partial charge in [0.15, 0.2) is 0 Å². The van der Waals surface area contributed by atoms with Crippen LogP contribution in [-0.4, -0.2) is 17.8 Å². The molecule has 2 aromatic carbocycles. The molecule has 34 heavy (non-hydrogen) atoms. The molecule has 8 heteroatoms. The first-order valence-corrected chi connectivity index (χ1v) is 11.9. The van der Waals surface area contributed by atoms with Crippen molar-refractivity contribution in [2.45, 2.75) is 25.7 Å². The van der Waals surface area contributed by atoms with E-state index in [9.17, 15) is 18.5 Å². The Morgan fingerprint density at radius 1 is 1.03 bits per heavy atom. The molecule has 0 unspecified atom stereocenters. The van der Waals surface area contributed by atoms with Crippen molar-refractivity contribution in [3.63, 3.8) is 0 Å². The maximum Gasteiger partial charge on any atom is 0.269 e. The quantitative estimate of drug-likeness (QED) is 0.389. The summed E-state index contributed by atoms with van der Waals surface area (Å²) in [5.74, 6) is 0.386. The van der Waals surface area contributed by atoms with Gasteiger partial charge in [0, 0.05) is 6.20 Å². The molecule has 4 rings (SSSR count). The SMILES string of the molecule is Cc1ccc(Oc2nc3c(C)cccn3c(=O)c2C=C(C#N)S(=O)(=O)c2ccccc2)c(C)c1. The van der Waals surface area contributed by atoms with Crippen molar-refractivity contribution in [2.75, 3.05) is 0 Å². The smallest absolute Gasteiger partial charge is 0.269 e. The number of aromatic nitrogens is 2. The summed E-state index contributed by atoms with van der Waals surface area (Å²) in [6.07, 6.45) is 2.57. The van der Waals surface area contributed by atoms with E-state index in [1.54, 1.807) is 49.4 Å². The summed E-state index contributed by atoms with van der Waals surface area (Å²) in [5.41, 5.74) is 2.27. The van der Waals surface area contributed by atoms with E-state index < -0.39 is 20.3 Å². The molecule has 0 atom stereocenters. The maximum absolute atomic E-state index is 13.4. The fourth-order valence-corrected chi connectivity index (χ4v) is 4.70. The standard InChI is InChI=1S/C26H21N3O4S/c1-17-11-12-23(19(3)14-17)33-25-22(26(30)29-13-7-8-18(2)24(29)28-25)15-21(16-27)34(31,32)20-9-5-4-6-10-20/h4-15H,1-3H3. The summed E-state index contributed by atoms with van der Waals surface area (Å²) < 4.78 is 33.5. The van der Waals surface area contributed by atoms with Crippen molar-refractivity contribution < 1.29 is 13.2 Å². The minimum absolute atomic E-state index is 0.0515. The molecular formula is C26H21N3O4S. The number of aryl methyl sites for hydroxylation is 3. The average molecular weight is 472 g/mol. The van der Waals surface area contributed by atoms with Gasteiger partial charge in [0.2, 0.25) is 15.7 Å². The van der Waals surface area contributed by atoms with Gasteiger partial charge in [-0.1, -0.05) is 42.0 Å². The van der Waals surface area contributed by atoms with Crippen LogP contribution in [0.3, 0.4) is 0 Å². The Morgan fingerprint density at radius 2 is 1.76 bits per heavy atom. The Labute approximate surface area is 197 Å². The topological polar surface area (TPSA) is 102 Å². The zero-order chi connectivity index (χ0) is 24.5. The monoisotopic (exact) mass is 471 g/mol. The van der Waals surface area contributed by atoms with Gasteiger partial charge in [-0.2, -0.15) is 10.2 Å². The van der Waals surface area contributed by atoms with Crippen LogP contribution in [0.1, 0.15) is 22.3 Å². The van der Waals surface area contributed by atoms with Gasteiger partial charge in [-0.3, -0.25) is 9.20 Å². The lowest BCUT2D eigenvalue weighted by molar-refractivity contribution is 0.457. The van der Waals surface area contributed by atoms with Crippen molar-refractivity contribution in [1.29, 1.82) is 5.26 Å². The van der Waals surface area contributed by atoms with Crippen molar-refractivity contribution in [2.24, 2.45) is 0 Å². The van der Waals surface area contributed by atoms with Gasteiger partial charge in [0.1, 0.15) is 27.9 Å². The molecule has 0 saturated heterocycles. The molecular weight excluding hydrogens is 450 g/mol. The molecule has 0 aliphatic rings. The molecule has 2 heterocycles. The summed E-state index contributed by atoms with van der Waals surface area (Å²) in [6.45, 7) is 5.61. The molecule has 0 saturated carbocycles. The summed E-state index contributed by atoms with van der Waals surface area (Å²) in [4.78, 5) is 17.3. The first-order valence-electron chi connectivity index (χ1n) is 10.4. The second-order valence-electron chi connectivity index (χ2n) is 7.83. The highest BCUT2D eigenvalue weighted by molar-refractivity contribution is 7.95. The van der Waals surface area contributed by atoms with Crippen LogP contribution in [0, 0.1) is 32.1 Å². The average Bonchev–Trinajstić information content (AvgIpc) is 2.82. The first kappa shape index (κ1) is 23.0. The van der Waals surface area contributed by atoms with Crippen LogP contribution in [-0.2, 0) is 9.84 Å². The predicted octanol–water partition coefficient (Wildman–Crippen LogP) is 4.75. The zero-order valence-corrected chi connectivity index (χ0v) is 19.6. The van der Waals surface area contributed by atoms with E-state index in [0.29, 0.717) is 11.4 Å². The molecule has 0 aliphatic heterocycles. The molecule has 0 bridgehead atoms. The number of nitrogens with zero attached hydrogens (tertiary/aromatic N) is 3. The van der Waals surface area contributed by atoms with Crippen molar-refractivity contribution in [3.05, 3.63) is 104 Å². The van der Waals surface area contributed by atoms with Crippen LogP contribution < -0.4 is 10.3 Å². The fraction of sp³-hybridized carbons (Fsp3) is 0.115. The Balaban J connectivity index is 1.99. The van der Waals surface area contributed by atoms with Crippen molar-refractivity contribution in [1.82, 2.24) is 9.38 Å². The van der Waals surface area contributed by atoms with Gasteiger partial charge >= 0.3 is 0 Å². The normalized spacial score (nSPS) is 11.9. The number of nitriles is 1. The molecule has 0 amide bonds. The second-order valence-corrected chi connectivity index (χ2v) is 9.75. The van der Waals surface area contributed by atoms with E-state index in [2.05, 4.69) is 4.98 Å². The maximum atomic E-state index is 13.4. The van der Waals surface area contributed by atoms with E-state index in [-0.39, 0.29) is 16.3 Å². The number of rotatable bonds is 5. The number of sulfone groups is 1. The van der Waals surface area contributed by atoms with Crippen LogP contribution in [0.5, 0.6) is 11.6 Å². The number of fused-ring (bicyclic) bond motifs is 1. The Kier molecular flexibility index (Phi) is 6.05.